The number of nitrogens with two attached hydrogens (primary N) is 1. The van der Waals surface area contributed by atoms with E-state index < -0.39 is 28.0 Å². The van der Waals surface area contributed by atoms with Gasteiger partial charge in [0.25, 0.3) is 15.9 Å². The number of nitrogens with zero attached hydrogens (tertiary/aromatic N) is 2. The van der Waals surface area contributed by atoms with E-state index in [1.807, 2.05) is 6.92 Å². The average molecular weight is 422 g/mol. The van der Waals surface area contributed by atoms with Crippen LogP contribution in [0.1, 0.15) is 57.4 Å². The van der Waals surface area contributed by atoms with E-state index in [1.165, 1.54) is 4.90 Å². The zero-order valence-electron chi connectivity index (χ0n) is 17.2. The van der Waals surface area contributed by atoms with Gasteiger partial charge in [-0.1, -0.05) is 37.0 Å². The van der Waals surface area contributed by atoms with Gasteiger partial charge in [0.1, 0.15) is 6.04 Å². The zero-order chi connectivity index (χ0) is 21.2. The molecule has 1 saturated heterocycles. The number of hydrogen-bond donors (Lipinski definition) is 1. The summed E-state index contributed by atoms with van der Waals surface area (Å²) in [4.78, 5) is 27.7. The third-order valence-corrected chi connectivity index (χ3v) is 7.78. The minimum Gasteiger partial charge on any atom is -0.329 e. The molecule has 1 aromatic carbocycles. The molecule has 1 aliphatic carbocycles. The largest absolute Gasteiger partial charge is 0.329 e. The lowest BCUT2D eigenvalue weighted by Crippen LogP contribution is -2.55. The number of aryl methyl sites for hydroxylation is 1. The molecule has 29 heavy (non-hydrogen) atoms. The molecule has 0 bridgehead atoms. The molecule has 2 aliphatic rings. The van der Waals surface area contributed by atoms with E-state index >= 15 is 0 Å². The Balaban J connectivity index is 1.98. The molecule has 3 rings (SSSR count). The number of amides is 2. The summed E-state index contributed by atoms with van der Waals surface area (Å²) < 4.78 is 28.1. The van der Waals surface area contributed by atoms with E-state index in [0.29, 0.717) is 32.2 Å². The average Bonchev–Trinajstić information content (AvgIpc) is 3.18. The fraction of sp³-hybridized carbons (Fsp3) is 0.619. The van der Waals surface area contributed by atoms with Gasteiger partial charge in [0, 0.05) is 12.6 Å². The van der Waals surface area contributed by atoms with Crippen LogP contribution in [-0.4, -0.2) is 54.1 Å². The predicted octanol–water partition coefficient (Wildman–Crippen LogP) is 2.18. The number of rotatable bonds is 5. The molecule has 2 atom stereocenters. The summed E-state index contributed by atoms with van der Waals surface area (Å²) in [5.74, 6) is -0.804. The molecule has 1 aliphatic heterocycles. The van der Waals surface area contributed by atoms with Crippen LogP contribution < -0.4 is 5.73 Å². The molecule has 1 saturated carbocycles. The van der Waals surface area contributed by atoms with Crippen molar-refractivity contribution >= 4 is 21.8 Å². The second-order valence-corrected chi connectivity index (χ2v) is 10.0. The van der Waals surface area contributed by atoms with E-state index in [4.69, 9.17) is 5.73 Å². The van der Waals surface area contributed by atoms with Crippen molar-refractivity contribution in [1.29, 1.82) is 0 Å². The SMILES string of the molecule is Cc1ccc(S(=O)(=O)N(C(=O)[C@@H]2CCCN2C(=O)[C@H](C)N)C2CCCCC2)cc1. The number of hydrogen-bond acceptors (Lipinski definition) is 5. The first-order chi connectivity index (χ1) is 13.7. The van der Waals surface area contributed by atoms with Crippen molar-refractivity contribution in [1.82, 2.24) is 9.21 Å². The molecule has 2 fully saturated rings. The van der Waals surface area contributed by atoms with Crippen LogP contribution in [0.15, 0.2) is 29.2 Å². The van der Waals surface area contributed by atoms with Crippen LogP contribution in [-0.2, 0) is 19.6 Å². The Hall–Kier alpha value is -1.93. The Morgan fingerprint density at radius 2 is 1.69 bits per heavy atom. The first kappa shape index (κ1) is 21.8. The number of sulfonamides is 1. The Bertz CT molecular complexity index is 845. The Kier molecular flexibility index (Phi) is 6.63. The minimum absolute atomic E-state index is 0.116. The van der Waals surface area contributed by atoms with Crippen molar-refractivity contribution in [2.45, 2.75) is 81.8 Å². The minimum atomic E-state index is -4.01. The summed E-state index contributed by atoms with van der Waals surface area (Å²) in [7, 11) is -4.01. The quantitative estimate of drug-likeness (QED) is 0.785. The Morgan fingerprint density at radius 3 is 2.28 bits per heavy atom. The highest BCUT2D eigenvalue weighted by Crippen LogP contribution is 2.31. The molecular weight excluding hydrogens is 390 g/mol. The van der Waals surface area contributed by atoms with Crippen molar-refractivity contribution in [2.75, 3.05) is 6.54 Å². The smallest absolute Gasteiger partial charge is 0.266 e. The molecule has 8 heteroatoms. The lowest BCUT2D eigenvalue weighted by atomic mass is 9.95. The molecule has 0 aromatic heterocycles. The van der Waals surface area contributed by atoms with Gasteiger partial charge in [-0.25, -0.2) is 12.7 Å². The predicted molar refractivity (Wildman–Crippen MR) is 110 cm³/mol. The first-order valence-corrected chi connectivity index (χ1v) is 11.9. The van der Waals surface area contributed by atoms with Gasteiger partial charge in [0.05, 0.1) is 10.9 Å². The lowest BCUT2D eigenvalue weighted by Gasteiger charge is -2.37. The maximum absolute atomic E-state index is 13.6. The fourth-order valence-corrected chi connectivity index (χ4v) is 6.00. The third kappa shape index (κ3) is 4.48. The fourth-order valence-electron chi connectivity index (χ4n) is 4.33. The van der Waals surface area contributed by atoms with Gasteiger partial charge < -0.3 is 10.6 Å². The van der Waals surface area contributed by atoms with Gasteiger partial charge >= 0.3 is 0 Å². The van der Waals surface area contributed by atoms with Gasteiger partial charge in [-0.2, -0.15) is 0 Å². The van der Waals surface area contributed by atoms with E-state index in [2.05, 4.69) is 0 Å². The molecule has 160 valence electrons. The van der Waals surface area contributed by atoms with E-state index in [9.17, 15) is 18.0 Å². The molecule has 1 heterocycles. The van der Waals surface area contributed by atoms with E-state index in [-0.39, 0.29) is 16.8 Å². The lowest BCUT2D eigenvalue weighted by molar-refractivity contribution is -0.142. The summed E-state index contributed by atoms with van der Waals surface area (Å²) in [6.07, 6.45) is 5.27. The molecule has 1 aromatic rings. The summed E-state index contributed by atoms with van der Waals surface area (Å²) in [5, 5.41) is 0. The molecule has 2 N–H and O–H groups in total. The number of carbonyl (C=O) groups is 2. The molecular formula is C21H31N3O4S. The highest BCUT2D eigenvalue weighted by atomic mass is 32.2. The van der Waals surface area contributed by atoms with E-state index in [0.717, 1.165) is 29.1 Å². The Morgan fingerprint density at radius 1 is 1.07 bits per heavy atom. The highest BCUT2D eigenvalue weighted by molar-refractivity contribution is 7.89. The molecule has 0 unspecified atom stereocenters. The van der Waals surface area contributed by atoms with Gasteiger partial charge in [-0.15, -0.1) is 0 Å². The summed E-state index contributed by atoms with van der Waals surface area (Å²) in [5.41, 5.74) is 6.70. The van der Waals surface area contributed by atoms with Crippen molar-refractivity contribution in [2.24, 2.45) is 5.73 Å². The maximum Gasteiger partial charge on any atom is 0.266 e. The third-order valence-electron chi connectivity index (χ3n) is 5.91. The monoisotopic (exact) mass is 421 g/mol. The second kappa shape index (κ2) is 8.83. The molecule has 0 radical (unpaired) electrons. The van der Waals surface area contributed by atoms with E-state index in [1.54, 1.807) is 31.2 Å². The van der Waals surface area contributed by atoms with Crippen molar-refractivity contribution in [3.8, 4) is 0 Å². The highest BCUT2D eigenvalue weighted by Gasteiger charge is 2.44. The van der Waals surface area contributed by atoms with Crippen LogP contribution in [0.3, 0.4) is 0 Å². The maximum atomic E-state index is 13.6. The van der Waals surface area contributed by atoms with Crippen LogP contribution in [0.4, 0.5) is 0 Å². The molecule has 2 amide bonds. The zero-order valence-corrected chi connectivity index (χ0v) is 18.0. The Labute approximate surface area is 173 Å². The topological polar surface area (TPSA) is 101 Å². The van der Waals surface area contributed by atoms with Crippen LogP contribution in [0.25, 0.3) is 0 Å². The van der Waals surface area contributed by atoms with Crippen molar-refractivity contribution < 1.29 is 18.0 Å². The number of benzene rings is 1. The van der Waals surface area contributed by atoms with Gasteiger partial charge in [0.2, 0.25) is 5.91 Å². The van der Waals surface area contributed by atoms with Crippen LogP contribution >= 0.6 is 0 Å². The van der Waals surface area contributed by atoms with Gasteiger partial charge in [-0.05, 0) is 51.7 Å². The van der Waals surface area contributed by atoms with Crippen molar-refractivity contribution in [3.05, 3.63) is 29.8 Å². The van der Waals surface area contributed by atoms with Crippen LogP contribution in [0, 0.1) is 6.92 Å². The number of carbonyl (C=O) groups excluding carboxylic acids is 2. The van der Waals surface area contributed by atoms with Gasteiger partial charge in [0.15, 0.2) is 0 Å². The van der Waals surface area contributed by atoms with Crippen LogP contribution in [0.2, 0.25) is 0 Å². The standard InChI is InChI=1S/C21H31N3O4S/c1-15-10-12-18(13-11-15)29(27,28)24(17-7-4-3-5-8-17)21(26)19-9-6-14-23(19)20(25)16(2)22/h10-13,16-17,19H,3-9,14,22H2,1-2H3/t16-,19-/m0/s1. The summed E-state index contributed by atoms with van der Waals surface area (Å²) >= 11 is 0. The molecule has 7 nitrogen and oxygen atoms in total. The summed E-state index contributed by atoms with van der Waals surface area (Å²) in [6, 6.07) is 4.71. The normalized spacial score (nSPS) is 21.8. The second-order valence-electron chi connectivity index (χ2n) is 8.22. The number of likely N-dealkylation sites (tertiary alicyclic amines) is 1. The first-order valence-electron chi connectivity index (χ1n) is 10.4. The summed E-state index contributed by atoms with van der Waals surface area (Å²) in [6.45, 7) is 3.90. The van der Waals surface area contributed by atoms with Crippen molar-refractivity contribution in [3.63, 3.8) is 0 Å². The van der Waals surface area contributed by atoms with Crippen LogP contribution in [0.5, 0.6) is 0 Å². The van der Waals surface area contributed by atoms with Gasteiger partial charge in [-0.3, -0.25) is 9.59 Å². The molecule has 0 spiro atoms.